The minimum Gasteiger partial charge on any atom is -0.497 e. The lowest BCUT2D eigenvalue weighted by molar-refractivity contribution is -0.121. The molecule has 134 valence electrons. The Morgan fingerprint density at radius 2 is 1.44 bits per heavy atom. The first-order valence-corrected chi connectivity index (χ1v) is 8.40. The molecule has 2 aromatic rings. The Labute approximate surface area is 148 Å². The van der Waals surface area contributed by atoms with Crippen molar-refractivity contribution in [2.24, 2.45) is 0 Å². The Balaban J connectivity index is 1.52. The molecule has 0 aliphatic rings. The first-order valence-electron chi connectivity index (χ1n) is 8.40. The second kappa shape index (κ2) is 10.2. The van der Waals surface area contributed by atoms with E-state index in [2.05, 4.69) is 5.32 Å². The van der Waals surface area contributed by atoms with Gasteiger partial charge in [0.05, 0.1) is 20.3 Å². The molecule has 0 unspecified atom stereocenters. The Morgan fingerprint density at radius 3 is 2.08 bits per heavy atom. The van der Waals surface area contributed by atoms with E-state index in [4.69, 9.17) is 14.2 Å². The zero-order chi connectivity index (χ0) is 17.9. The summed E-state index contributed by atoms with van der Waals surface area (Å²) in [6.45, 7) is 3.48. The Hall–Kier alpha value is -2.69. The number of ether oxygens (including phenoxy) is 3. The van der Waals surface area contributed by atoms with Gasteiger partial charge in [0.1, 0.15) is 23.9 Å². The van der Waals surface area contributed by atoms with Crippen molar-refractivity contribution in [2.75, 3.05) is 26.9 Å². The van der Waals surface area contributed by atoms with Crippen LogP contribution in [0.3, 0.4) is 0 Å². The molecular formula is C20H25NO4. The van der Waals surface area contributed by atoms with Crippen LogP contribution in [0.5, 0.6) is 17.2 Å². The third-order valence-corrected chi connectivity index (χ3v) is 3.59. The highest BCUT2D eigenvalue weighted by Crippen LogP contribution is 2.17. The number of carbonyl (C=O) groups is 1. The average molecular weight is 343 g/mol. The third-order valence-electron chi connectivity index (χ3n) is 3.59. The van der Waals surface area contributed by atoms with E-state index in [0.29, 0.717) is 32.6 Å². The largest absolute Gasteiger partial charge is 0.497 e. The van der Waals surface area contributed by atoms with Crippen molar-refractivity contribution in [3.8, 4) is 17.2 Å². The van der Waals surface area contributed by atoms with Crippen molar-refractivity contribution < 1.29 is 19.0 Å². The lowest BCUT2D eigenvalue weighted by atomic mass is 10.2. The maximum Gasteiger partial charge on any atom is 0.220 e. The summed E-state index contributed by atoms with van der Waals surface area (Å²) in [6.07, 6.45) is 1.09. The van der Waals surface area contributed by atoms with Crippen molar-refractivity contribution in [1.82, 2.24) is 5.32 Å². The van der Waals surface area contributed by atoms with Crippen LogP contribution < -0.4 is 19.5 Å². The molecule has 1 amide bonds. The monoisotopic (exact) mass is 343 g/mol. The van der Waals surface area contributed by atoms with Crippen LogP contribution in [0.4, 0.5) is 0 Å². The lowest BCUT2D eigenvalue weighted by Gasteiger charge is -2.09. The average Bonchev–Trinajstić information content (AvgIpc) is 2.64. The van der Waals surface area contributed by atoms with Gasteiger partial charge in [-0.2, -0.15) is 0 Å². The van der Waals surface area contributed by atoms with Gasteiger partial charge in [0.25, 0.3) is 0 Å². The number of amides is 1. The molecule has 2 aromatic carbocycles. The van der Waals surface area contributed by atoms with Gasteiger partial charge in [-0.05, 0) is 49.7 Å². The molecule has 5 heteroatoms. The molecule has 25 heavy (non-hydrogen) atoms. The molecule has 0 bridgehead atoms. The van der Waals surface area contributed by atoms with Crippen LogP contribution >= 0.6 is 0 Å². The zero-order valence-electron chi connectivity index (χ0n) is 14.8. The maximum atomic E-state index is 11.8. The summed E-state index contributed by atoms with van der Waals surface area (Å²) < 4.78 is 16.2. The summed E-state index contributed by atoms with van der Waals surface area (Å²) in [7, 11) is 1.63. The molecule has 0 fully saturated rings. The van der Waals surface area contributed by atoms with Gasteiger partial charge in [-0.3, -0.25) is 4.79 Å². The predicted octanol–water partition coefficient (Wildman–Crippen LogP) is 3.36. The minimum absolute atomic E-state index is 0.00540. The van der Waals surface area contributed by atoms with Crippen LogP contribution in [0.15, 0.2) is 48.5 Å². The number of nitrogens with one attached hydrogen (secondary N) is 1. The van der Waals surface area contributed by atoms with Crippen molar-refractivity contribution in [1.29, 1.82) is 0 Å². The summed E-state index contributed by atoms with van der Waals surface area (Å²) in [6, 6.07) is 15.2. The van der Waals surface area contributed by atoms with Gasteiger partial charge in [-0.15, -0.1) is 0 Å². The number of benzene rings is 2. The summed E-state index contributed by atoms with van der Waals surface area (Å²) >= 11 is 0. The molecule has 0 heterocycles. The van der Waals surface area contributed by atoms with E-state index in [0.717, 1.165) is 17.2 Å². The molecule has 2 rings (SSSR count). The van der Waals surface area contributed by atoms with Gasteiger partial charge >= 0.3 is 0 Å². The Kier molecular flexibility index (Phi) is 7.63. The van der Waals surface area contributed by atoms with E-state index in [9.17, 15) is 4.79 Å². The third kappa shape index (κ3) is 7.16. The van der Waals surface area contributed by atoms with Crippen molar-refractivity contribution >= 4 is 5.91 Å². The fourth-order valence-corrected chi connectivity index (χ4v) is 2.18. The standard InChI is InChI=1S/C20H25NO4/c1-16-5-7-18(8-6-16)25-15-13-21-20(22)4-3-14-24-19-11-9-17(23-2)10-12-19/h5-12H,3-4,13-15H2,1-2H3,(H,21,22). The number of rotatable bonds is 10. The molecule has 0 aliphatic heterocycles. The molecule has 5 nitrogen and oxygen atoms in total. The molecule has 0 aliphatic carbocycles. The molecule has 1 N–H and O–H groups in total. The van der Waals surface area contributed by atoms with Crippen molar-refractivity contribution in [2.45, 2.75) is 19.8 Å². The van der Waals surface area contributed by atoms with Gasteiger partial charge in [0.15, 0.2) is 0 Å². The fourth-order valence-electron chi connectivity index (χ4n) is 2.18. The first-order chi connectivity index (χ1) is 12.2. The normalized spacial score (nSPS) is 10.2. The summed E-state index contributed by atoms with van der Waals surface area (Å²) in [5.41, 5.74) is 1.19. The second-order valence-electron chi connectivity index (χ2n) is 5.64. The van der Waals surface area contributed by atoms with E-state index in [-0.39, 0.29) is 5.91 Å². The number of hydrogen-bond donors (Lipinski definition) is 1. The highest BCUT2D eigenvalue weighted by molar-refractivity contribution is 5.75. The molecule has 0 saturated heterocycles. The number of carbonyl (C=O) groups excluding carboxylic acids is 1. The number of methoxy groups -OCH3 is 1. The van der Waals surface area contributed by atoms with E-state index in [1.165, 1.54) is 5.56 Å². The van der Waals surface area contributed by atoms with E-state index in [1.807, 2.05) is 55.5 Å². The summed E-state index contributed by atoms with van der Waals surface area (Å²) in [5.74, 6) is 2.38. The van der Waals surface area contributed by atoms with Gasteiger partial charge in [-0.25, -0.2) is 0 Å². The quantitative estimate of drug-likeness (QED) is 0.672. The Bertz CT molecular complexity index is 638. The zero-order valence-corrected chi connectivity index (χ0v) is 14.8. The Morgan fingerprint density at radius 1 is 0.880 bits per heavy atom. The van der Waals surface area contributed by atoms with Crippen LogP contribution in [0, 0.1) is 6.92 Å². The number of aryl methyl sites for hydroxylation is 1. The molecule has 0 aromatic heterocycles. The molecule has 0 spiro atoms. The molecule has 0 saturated carbocycles. The molecule has 0 radical (unpaired) electrons. The van der Waals surface area contributed by atoms with Crippen LogP contribution in [0.1, 0.15) is 18.4 Å². The number of hydrogen-bond acceptors (Lipinski definition) is 4. The predicted molar refractivity (Wildman–Crippen MR) is 97.4 cm³/mol. The van der Waals surface area contributed by atoms with Gasteiger partial charge in [0.2, 0.25) is 5.91 Å². The van der Waals surface area contributed by atoms with E-state index >= 15 is 0 Å². The SMILES string of the molecule is COc1ccc(OCCCC(=O)NCCOc2ccc(C)cc2)cc1. The van der Waals surface area contributed by atoms with Crippen LogP contribution in [0.25, 0.3) is 0 Å². The smallest absolute Gasteiger partial charge is 0.220 e. The van der Waals surface area contributed by atoms with E-state index in [1.54, 1.807) is 7.11 Å². The van der Waals surface area contributed by atoms with Crippen LogP contribution in [0.2, 0.25) is 0 Å². The summed E-state index contributed by atoms with van der Waals surface area (Å²) in [5, 5.41) is 2.84. The fraction of sp³-hybridized carbons (Fsp3) is 0.350. The van der Waals surface area contributed by atoms with Crippen molar-refractivity contribution in [3.63, 3.8) is 0 Å². The van der Waals surface area contributed by atoms with Crippen LogP contribution in [-0.2, 0) is 4.79 Å². The lowest BCUT2D eigenvalue weighted by Crippen LogP contribution is -2.28. The van der Waals surface area contributed by atoms with Gasteiger partial charge < -0.3 is 19.5 Å². The van der Waals surface area contributed by atoms with Gasteiger partial charge in [-0.1, -0.05) is 17.7 Å². The highest BCUT2D eigenvalue weighted by atomic mass is 16.5. The topological polar surface area (TPSA) is 56.8 Å². The molecule has 0 atom stereocenters. The molecular weight excluding hydrogens is 318 g/mol. The first kappa shape index (κ1) is 18.6. The van der Waals surface area contributed by atoms with Gasteiger partial charge in [0, 0.05) is 6.42 Å². The minimum atomic E-state index is 0.00540. The van der Waals surface area contributed by atoms with E-state index < -0.39 is 0 Å². The summed E-state index contributed by atoms with van der Waals surface area (Å²) in [4.78, 5) is 11.8. The maximum absolute atomic E-state index is 11.8. The van der Waals surface area contributed by atoms with Crippen LogP contribution in [-0.4, -0.2) is 32.8 Å². The highest BCUT2D eigenvalue weighted by Gasteiger charge is 2.02. The van der Waals surface area contributed by atoms with Crippen molar-refractivity contribution in [3.05, 3.63) is 54.1 Å². The second-order valence-corrected chi connectivity index (χ2v) is 5.64.